The van der Waals surface area contributed by atoms with E-state index in [0.29, 0.717) is 23.6 Å². The molecule has 112 valence electrons. The molecule has 0 unspecified atom stereocenters. The maximum Gasteiger partial charge on any atom is 0.411 e. The highest BCUT2D eigenvalue weighted by molar-refractivity contribution is 6.06. The van der Waals surface area contributed by atoms with Gasteiger partial charge in [-0.25, -0.2) is 4.79 Å². The van der Waals surface area contributed by atoms with Crippen molar-refractivity contribution in [2.45, 2.75) is 6.92 Å². The number of para-hydroxylation sites is 1. The largest absolute Gasteiger partial charge is 0.450 e. The summed E-state index contributed by atoms with van der Waals surface area (Å²) in [4.78, 5) is 27.5. The molecular weight excluding hydrogens is 280 g/mol. The molecule has 0 aliphatic heterocycles. The standard InChI is InChI=1S/C17H16N2O3/c1-2-22-17(21)19-14-8-4-3-7-13(14)10-11-16(20)15-9-5-6-12-18-15/h3-12H,2H2,1H3,(H,19,21). The number of carbonyl (C=O) groups excluding carboxylic acids is 2. The lowest BCUT2D eigenvalue weighted by atomic mass is 10.1. The SMILES string of the molecule is CCOC(=O)Nc1ccccc1C=CC(=O)c1ccccn1. The van der Waals surface area contributed by atoms with E-state index in [1.165, 1.54) is 6.08 Å². The maximum atomic E-state index is 12.0. The van der Waals surface area contributed by atoms with Gasteiger partial charge in [0, 0.05) is 6.20 Å². The molecule has 0 fully saturated rings. The van der Waals surface area contributed by atoms with Gasteiger partial charge in [-0.1, -0.05) is 24.3 Å². The number of anilines is 1. The molecule has 0 aliphatic rings. The number of nitrogens with zero attached hydrogens (tertiary/aromatic N) is 1. The van der Waals surface area contributed by atoms with Gasteiger partial charge in [0.15, 0.2) is 0 Å². The van der Waals surface area contributed by atoms with Gasteiger partial charge in [-0.3, -0.25) is 15.1 Å². The Labute approximate surface area is 128 Å². The van der Waals surface area contributed by atoms with Gasteiger partial charge in [0.05, 0.1) is 12.3 Å². The first-order valence-electron chi connectivity index (χ1n) is 6.87. The van der Waals surface area contributed by atoms with Crippen molar-refractivity contribution < 1.29 is 14.3 Å². The van der Waals surface area contributed by atoms with Crippen LogP contribution in [0.5, 0.6) is 0 Å². The highest BCUT2D eigenvalue weighted by Gasteiger charge is 2.06. The molecule has 0 saturated heterocycles. The summed E-state index contributed by atoms with van der Waals surface area (Å²) in [5, 5.41) is 2.64. The van der Waals surface area contributed by atoms with E-state index in [9.17, 15) is 9.59 Å². The first-order chi connectivity index (χ1) is 10.7. The third-order valence-corrected chi connectivity index (χ3v) is 2.80. The van der Waals surface area contributed by atoms with Crippen LogP contribution in [0, 0.1) is 0 Å². The van der Waals surface area contributed by atoms with E-state index in [1.54, 1.807) is 55.6 Å². The van der Waals surface area contributed by atoms with Crippen LogP contribution < -0.4 is 5.32 Å². The third kappa shape index (κ3) is 4.28. The highest BCUT2D eigenvalue weighted by atomic mass is 16.5. The third-order valence-electron chi connectivity index (χ3n) is 2.80. The van der Waals surface area contributed by atoms with E-state index < -0.39 is 6.09 Å². The van der Waals surface area contributed by atoms with Crippen LogP contribution in [0.1, 0.15) is 23.0 Å². The average Bonchev–Trinajstić information content (AvgIpc) is 2.55. The van der Waals surface area contributed by atoms with Gasteiger partial charge in [-0.2, -0.15) is 0 Å². The highest BCUT2D eigenvalue weighted by Crippen LogP contribution is 2.17. The molecule has 1 heterocycles. The minimum absolute atomic E-state index is 0.202. The predicted octanol–water partition coefficient (Wildman–Crippen LogP) is 3.55. The Bertz CT molecular complexity index is 681. The number of ether oxygens (including phenoxy) is 1. The molecule has 0 saturated carbocycles. The first kappa shape index (κ1) is 15.4. The summed E-state index contributed by atoms with van der Waals surface area (Å²) < 4.78 is 4.84. The molecule has 22 heavy (non-hydrogen) atoms. The molecule has 0 spiro atoms. The number of nitrogens with one attached hydrogen (secondary N) is 1. The lowest BCUT2D eigenvalue weighted by Gasteiger charge is -2.08. The number of pyridine rings is 1. The Morgan fingerprint density at radius 2 is 1.95 bits per heavy atom. The molecule has 0 bridgehead atoms. The Hall–Kier alpha value is -2.95. The molecule has 1 N–H and O–H groups in total. The van der Waals surface area contributed by atoms with Crippen LogP contribution in [-0.2, 0) is 4.74 Å². The summed E-state index contributed by atoms with van der Waals surface area (Å²) in [5.74, 6) is -0.202. The van der Waals surface area contributed by atoms with Gasteiger partial charge in [-0.05, 0) is 42.8 Å². The Balaban J connectivity index is 2.14. The number of aromatic nitrogens is 1. The lowest BCUT2D eigenvalue weighted by Crippen LogP contribution is -2.13. The van der Waals surface area contributed by atoms with E-state index in [0.717, 1.165) is 0 Å². The zero-order valence-corrected chi connectivity index (χ0v) is 12.2. The van der Waals surface area contributed by atoms with E-state index in [-0.39, 0.29) is 5.78 Å². The van der Waals surface area contributed by atoms with E-state index in [1.807, 2.05) is 6.07 Å². The fourth-order valence-electron chi connectivity index (χ4n) is 1.79. The zero-order chi connectivity index (χ0) is 15.8. The summed E-state index contributed by atoms with van der Waals surface area (Å²) in [7, 11) is 0. The fraction of sp³-hybridized carbons (Fsp3) is 0.118. The quantitative estimate of drug-likeness (QED) is 0.676. The van der Waals surface area contributed by atoms with Crippen molar-refractivity contribution in [3.8, 4) is 0 Å². The first-order valence-corrected chi connectivity index (χ1v) is 6.87. The van der Waals surface area contributed by atoms with Crippen LogP contribution >= 0.6 is 0 Å². The second kappa shape index (κ2) is 7.73. The second-order valence-electron chi connectivity index (χ2n) is 4.35. The summed E-state index contributed by atoms with van der Waals surface area (Å²) in [6.45, 7) is 2.03. The molecule has 1 aromatic heterocycles. The molecule has 2 aromatic rings. The number of rotatable bonds is 5. The van der Waals surface area contributed by atoms with E-state index >= 15 is 0 Å². The Kier molecular flexibility index (Phi) is 5.43. The number of ketones is 1. The smallest absolute Gasteiger partial charge is 0.411 e. The lowest BCUT2D eigenvalue weighted by molar-refractivity contribution is 0.104. The van der Waals surface area contributed by atoms with Gasteiger partial charge in [0.1, 0.15) is 5.69 Å². The summed E-state index contributed by atoms with van der Waals surface area (Å²) >= 11 is 0. The fourth-order valence-corrected chi connectivity index (χ4v) is 1.79. The van der Waals surface area contributed by atoms with Crippen LogP contribution in [-0.4, -0.2) is 23.5 Å². The van der Waals surface area contributed by atoms with Crippen LogP contribution in [0.15, 0.2) is 54.7 Å². The molecule has 0 radical (unpaired) electrons. The molecule has 5 nitrogen and oxygen atoms in total. The topological polar surface area (TPSA) is 68.3 Å². The Morgan fingerprint density at radius 1 is 1.18 bits per heavy atom. The van der Waals surface area contributed by atoms with Crippen molar-refractivity contribution >= 4 is 23.6 Å². The Morgan fingerprint density at radius 3 is 2.68 bits per heavy atom. The monoisotopic (exact) mass is 296 g/mol. The van der Waals surface area contributed by atoms with Gasteiger partial charge in [0.2, 0.25) is 5.78 Å². The predicted molar refractivity (Wildman–Crippen MR) is 84.7 cm³/mol. The number of amides is 1. The van der Waals surface area contributed by atoms with Crippen molar-refractivity contribution in [2.24, 2.45) is 0 Å². The maximum absolute atomic E-state index is 12.0. The normalized spacial score (nSPS) is 10.4. The van der Waals surface area contributed by atoms with Crippen molar-refractivity contribution in [1.82, 2.24) is 4.98 Å². The van der Waals surface area contributed by atoms with Gasteiger partial charge in [0.25, 0.3) is 0 Å². The number of hydrogen-bond acceptors (Lipinski definition) is 4. The molecule has 0 aliphatic carbocycles. The van der Waals surface area contributed by atoms with E-state index in [4.69, 9.17) is 4.74 Å². The van der Waals surface area contributed by atoms with Crippen LogP contribution in [0.3, 0.4) is 0 Å². The van der Waals surface area contributed by atoms with Gasteiger partial charge >= 0.3 is 6.09 Å². The van der Waals surface area contributed by atoms with Crippen molar-refractivity contribution in [1.29, 1.82) is 0 Å². The number of carbonyl (C=O) groups is 2. The zero-order valence-electron chi connectivity index (χ0n) is 12.2. The number of allylic oxidation sites excluding steroid dienone is 1. The summed E-state index contributed by atoms with van der Waals surface area (Å²) in [5.41, 5.74) is 1.65. The van der Waals surface area contributed by atoms with Crippen molar-refractivity contribution in [3.63, 3.8) is 0 Å². The van der Waals surface area contributed by atoms with Gasteiger partial charge in [-0.15, -0.1) is 0 Å². The van der Waals surface area contributed by atoms with Gasteiger partial charge < -0.3 is 4.74 Å². The van der Waals surface area contributed by atoms with E-state index in [2.05, 4.69) is 10.3 Å². The second-order valence-corrected chi connectivity index (χ2v) is 4.35. The molecule has 5 heteroatoms. The molecule has 1 amide bonds. The molecule has 2 rings (SSSR count). The molecular formula is C17H16N2O3. The number of benzene rings is 1. The van der Waals surface area contributed by atoms with Crippen molar-refractivity contribution in [2.75, 3.05) is 11.9 Å². The molecule has 1 aromatic carbocycles. The minimum atomic E-state index is -0.528. The number of hydrogen-bond donors (Lipinski definition) is 1. The summed E-state index contributed by atoms with van der Waals surface area (Å²) in [6.07, 6.45) is 4.10. The summed E-state index contributed by atoms with van der Waals surface area (Å²) in [6, 6.07) is 12.3. The van der Waals surface area contributed by atoms with Crippen molar-refractivity contribution in [3.05, 3.63) is 66.0 Å². The van der Waals surface area contributed by atoms with Crippen LogP contribution in [0.2, 0.25) is 0 Å². The molecule has 0 atom stereocenters. The average molecular weight is 296 g/mol. The van der Waals surface area contributed by atoms with Crippen LogP contribution in [0.25, 0.3) is 6.08 Å². The van der Waals surface area contributed by atoms with Crippen LogP contribution in [0.4, 0.5) is 10.5 Å². The minimum Gasteiger partial charge on any atom is -0.450 e.